The van der Waals surface area contributed by atoms with Crippen LogP contribution in [0.1, 0.15) is 42.1 Å². The molecule has 0 bridgehead atoms. The van der Waals surface area contributed by atoms with Gasteiger partial charge in [-0.05, 0) is 40.3 Å². The average Bonchev–Trinajstić information content (AvgIpc) is 2.97. The van der Waals surface area contributed by atoms with Gasteiger partial charge in [0.25, 0.3) is 0 Å². The number of rotatable bonds is 3. The molecule has 2 atom stereocenters. The van der Waals surface area contributed by atoms with Crippen LogP contribution in [0.2, 0.25) is 0 Å². The second-order valence-electron chi connectivity index (χ2n) is 4.65. The van der Waals surface area contributed by atoms with Crippen LogP contribution in [-0.4, -0.2) is 0 Å². The Bertz CT molecular complexity index is 534. The van der Waals surface area contributed by atoms with Crippen molar-refractivity contribution in [2.24, 2.45) is 0 Å². The van der Waals surface area contributed by atoms with Crippen molar-refractivity contribution < 1.29 is 0 Å². The Morgan fingerprint density at radius 1 is 1.12 bits per heavy atom. The molecule has 0 saturated carbocycles. The number of hydrogen-bond donors (Lipinski definition) is 0. The summed E-state index contributed by atoms with van der Waals surface area (Å²) in [6.07, 6.45) is 4.92. The molecule has 0 radical (unpaired) electrons. The maximum absolute atomic E-state index is 2.40. The lowest BCUT2D eigenvalue weighted by molar-refractivity contribution is 0.738. The summed E-state index contributed by atoms with van der Waals surface area (Å²) in [7, 11) is 0.864. The van der Waals surface area contributed by atoms with Gasteiger partial charge in [0, 0.05) is 5.92 Å². The van der Waals surface area contributed by atoms with Gasteiger partial charge in [0.15, 0.2) is 0 Å². The average molecular weight is 240 g/mol. The minimum atomic E-state index is 0.634. The van der Waals surface area contributed by atoms with Crippen LogP contribution in [-0.2, 0) is 0 Å². The Morgan fingerprint density at radius 2 is 2.00 bits per heavy atom. The van der Waals surface area contributed by atoms with E-state index in [0.717, 1.165) is 8.19 Å². The van der Waals surface area contributed by atoms with E-state index in [1.807, 2.05) is 0 Å². The van der Waals surface area contributed by atoms with E-state index >= 15 is 0 Å². The SMILES string of the molecule is CCCC1C(c2ccc[pH]2)=Cc2ccccc21. The first kappa shape index (κ1) is 10.9. The molecule has 2 unspecified atom stereocenters. The molecule has 1 aromatic heterocycles. The predicted molar refractivity (Wildman–Crippen MR) is 77.9 cm³/mol. The van der Waals surface area contributed by atoms with E-state index in [1.165, 1.54) is 24.0 Å². The molecule has 3 rings (SSSR count). The van der Waals surface area contributed by atoms with Crippen molar-refractivity contribution in [1.29, 1.82) is 0 Å². The highest BCUT2D eigenvalue weighted by Crippen LogP contribution is 2.46. The van der Waals surface area contributed by atoms with Crippen LogP contribution < -0.4 is 0 Å². The lowest BCUT2D eigenvalue weighted by atomic mass is 9.91. The first-order valence-corrected chi connectivity index (χ1v) is 7.42. The van der Waals surface area contributed by atoms with Crippen molar-refractivity contribution in [1.82, 2.24) is 0 Å². The maximum atomic E-state index is 2.40. The number of allylic oxidation sites excluding steroid dienone is 1. The van der Waals surface area contributed by atoms with Crippen LogP contribution in [0.25, 0.3) is 11.6 Å². The van der Waals surface area contributed by atoms with E-state index < -0.39 is 0 Å². The maximum Gasteiger partial charge on any atom is 0.0104 e. The Morgan fingerprint density at radius 3 is 2.76 bits per heavy atom. The summed E-state index contributed by atoms with van der Waals surface area (Å²) in [5.74, 6) is 2.91. The summed E-state index contributed by atoms with van der Waals surface area (Å²) in [6, 6.07) is 13.3. The van der Waals surface area contributed by atoms with Gasteiger partial charge >= 0.3 is 0 Å². The molecule has 1 aliphatic rings. The highest BCUT2D eigenvalue weighted by atomic mass is 31.0. The van der Waals surface area contributed by atoms with Crippen molar-refractivity contribution in [3.8, 4) is 0 Å². The van der Waals surface area contributed by atoms with E-state index in [1.54, 1.807) is 10.9 Å². The molecule has 0 nitrogen and oxygen atoms in total. The van der Waals surface area contributed by atoms with E-state index in [9.17, 15) is 0 Å². The predicted octanol–water partition coefficient (Wildman–Crippen LogP) is 5.16. The monoisotopic (exact) mass is 240 g/mol. The molecule has 1 aromatic carbocycles. The molecule has 0 fully saturated rings. The fourth-order valence-corrected chi connectivity index (χ4v) is 3.75. The molecular weight excluding hydrogens is 223 g/mol. The molecule has 1 aliphatic carbocycles. The molecule has 86 valence electrons. The summed E-state index contributed by atoms with van der Waals surface area (Å²) in [5, 5.41) is 1.54. The lowest BCUT2D eigenvalue weighted by Crippen LogP contribution is -1.96. The highest BCUT2D eigenvalue weighted by Gasteiger charge is 2.24. The first-order valence-electron chi connectivity index (χ1n) is 6.34. The Balaban J connectivity index is 2.06. The molecular formula is C16H17P. The molecule has 0 spiro atoms. The molecule has 0 N–H and O–H groups in total. The van der Waals surface area contributed by atoms with Gasteiger partial charge in [0.05, 0.1) is 0 Å². The van der Waals surface area contributed by atoms with Gasteiger partial charge in [0.2, 0.25) is 0 Å². The van der Waals surface area contributed by atoms with Gasteiger partial charge in [-0.3, -0.25) is 0 Å². The van der Waals surface area contributed by atoms with Crippen LogP contribution in [0.5, 0.6) is 0 Å². The molecule has 1 heteroatoms. The topological polar surface area (TPSA) is 0 Å². The Hall–Kier alpha value is -1.26. The fraction of sp³-hybridized carbons (Fsp3) is 0.250. The largest absolute Gasteiger partial charge is 0.132 e. The zero-order chi connectivity index (χ0) is 11.7. The van der Waals surface area contributed by atoms with E-state index in [2.05, 4.69) is 55.2 Å². The summed E-state index contributed by atoms with van der Waals surface area (Å²) >= 11 is 0. The van der Waals surface area contributed by atoms with E-state index in [-0.39, 0.29) is 0 Å². The Kier molecular flexibility index (Phi) is 2.91. The first-order chi connectivity index (χ1) is 8.40. The van der Waals surface area contributed by atoms with Crippen LogP contribution in [0, 0.1) is 0 Å². The third kappa shape index (κ3) is 1.87. The second kappa shape index (κ2) is 4.55. The van der Waals surface area contributed by atoms with Crippen molar-refractivity contribution in [2.75, 3.05) is 0 Å². The minimum Gasteiger partial charge on any atom is -0.132 e. The standard InChI is InChI=1S/C16H17P/c1-2-6-14-13-8-4-3-7-12(13)11-15(14)16-9-5-10-17-16/h3-5,7-11,14,17H,2,6H2,1H3. The molecule has 0 saturated heterocycles. The molecule has 2 aromatic rings. The van der Waals surface area contributed by atoms with Gasteiger partial charge in [-0.2, -0.15) is 0 Å². The Labute approximate surface area is 104 Å². The minimum absolute atomic E-state index is 0.634. The summed E-state index contributed by atoms with van der Waals surface area (Å²) in [5.41, 5.74) is 4.52. The highest BCUT2D eigenvalue weighted by molar-refractivity contribution is 7.31. The van der Waals surface area contributed by atoms with Crippen LogP contribution in [0.3, 0.4) is 0 Å². The fourth-order valence-electron chi connectivity index (χ4n) is 2.77. The van der Waals surface area contributed by atoms with Gasteiger partial charge in [-0.15, -0.1) is 8.19 Å². The van der Waals surface area contributed by atoms with E-state index in [4.69, 9.17) is 0 Å². The van der Waals surface area contributed by atoms with Gasteiger partial charge in [0.1, 0.15) is 0 Å². The smallest absolute Gasteiger partial charge is 0.0104 e. The second-order valence-corrected chi connectivity index (χ2v) is 5.81. The molecule has 17 heavy (non-hydrogen) atoms. The number of fused-ring (bicyclic) bond motifs is 1. The lowest BCUT2D eigenvalue weighted by Gasteiger charge is -2.15. The van der Waals surface area contributed by atoms with Crippen LogP contribution in [0.4, 0.5) is 0 Å². The van der Waals surface area contributed by atoms with Crippen molar-refractivity contribution in [3.05, 3.63) is 58.6 Å². The summed E-state index contributed by atoms with van der Waals surface area (Å²) < 4.78 is 0. The van der Waals surface area contributed by atoms with Crippen molar-refractivity contribution >= 4 is 19.8 Å². The van der Waals surface area contributed by atoms with Crippen LogP contribution in [0.15, 0.2) is 42.2 Å². The molecule has 0 aliphatic heterocycles. The van der Waals surface area contributed by atoms with Crippen LogP contribution >= 0.6 is 8.19 Å². The van der Waals surface area contributed by atoms with Gasteiger partial charge in [-0.25, -0.2) is 0 Å². The van der Waals surface area contributed by atoms with Crippen molar-refractivity contribution in [3.63, 3.8) is 0 Å². The molecule has 1 heterocycles. The summed E-state index contributed by atoms with van der Waals surface area (Å²) in [4.78, 5) is 0. The number of benzene rings is 1. The molecule has 0 amide bonds. The zero-order valence-corrected chi connectivity index (χ0v) is 11.1. The zero-order valence-electron chi connectivity index (χ0n) is 10.1. The normalized spacial score (nSPS) is 18.4. The third-order valence-electron chi connectivity index (χ3n) is 3.54. The number of hydrogen-bond acceptors (Lipinski definition) is 0. The summed E-state index contributed by atoms with van der Waals surface area (Å²) in [6.45, 7) is 2.28. The van der Waals surface area contributed by atoms with Gasteiger partial charge < -0.3 is 0 Å². The quantitative estimate of drug-likeness (QED) is 0.695. The van der Waals surface area contributed by atoms with Crippen molar-refractivity contribution in [2.45, 2.75) is 25.7 Å². The third-order valence-corrected chi connectivity index (χ3v) is 4.67. The van der Waals surface area contributed by atoms with Gasteiger partial charge in [-0.1, -0.05) is 49.7 Å². The van der Waals surface area contributed by atoms with E-state index in [0.29, 0.717) is 5.92 Å².